The summed E-state index contributed by atoms with van der Waals surface area (Å²) in [4.78, 5) is 22.3. The van der Waals surface area contributed by atoms with Crippen LogP contribution in [0.4, 0.5) is 11.4 Å². The molecule has 0 unspecified atom stereocenters. The van der Waals surface area contributed by atoms with Crippen molar-refractivity contribution in [3.05, 3.63) is 33.9 Å². The Morgan fingerprint density at radius 1 is 1.48 bits per heavy atom. The van der Waals surface area contributed by atoms with E-state index >= 15 is 0 Å². The van der Waals surface area contributed by atoms with E-state index in [1.54, 1.807) is 0 Å². The number of hydrogen-bond acceptors (Lipinski definition) is 5. The number of anilines is 1. The van der Waals surface area contributed by atoms with Gasteiger partial charge in [-0.05, 0) is 37.3 Å². The van der Waals surface area contributed by atoms with E-state index in [1.807, 2.05) is 0 Å². The summed E-state index contributed by atoms with van der Waals surface area (Å²) in [6.45, 7) is 1.78. The molecule has 0 heterocycles. The molecule has 0 radical (unpaired) electrons. The van der Waals surface area contributed by atoms with Crippen molar-refractivity contribution in [2.75, 3.05) is 25.5 Å². The summed E-state index contributed by atoms with van der Waals surface area (Å²) >= 11 is 0. The van der Waals surface area contributed by atoms with Gasteiger partial charge in [-0.3, -0.25) is 14.9 Å². The van der Waals surface area contributed by atoms with E-state index in [4.69, 9.17) is 10.5 Å². The molecule has 3 N–H and O–H groups in total. The molecule has 114 valence electrons. The topological polar surface area (TPSA) is 107 Å². The van der Waals surface area contributed by atoms with Crippen LogP contribution in [-0.2, 0) is 4.74 Å². The zero-order valence-corrected chi connectivity index (χ0v) is 11.7. The zero-order chi connectivity index (χ0) is 15.2. The van der Waals surface area contributed by atoms with E-state index in [9.17, 15) is 14.9 Å². The van der Waals surface area contributed by atoms with Crippen molar-refractivity contribution in [3.63, 3.8) is 0 Å². The maximum Gasteiger partial charge on any atom is 0.304 e. The third-order valence-electron chi connectivity index (χ3n) is 3.30. The third-order valence-corrected chi connectivity index (χ3v) is 3.30. The number of hydrogen-bond donors (Lipinski definition) is 2. The molecule has 21 heavy (non-hydrogen) atoms. The Morgan fingerprint density at radius 2 is 2.24 bits per heavy atom. The first-order valence-corrected chi connectivity index (χ1v) is 6.98. The Bertz CT molecular complexity index is 529. The van der Waals surface area contributed by atoms with Crippen LogP contribution < -0.4 is 11.1 Å². The van der Waals surface area contributed by atoms with Gasteiger partial charge in [-0.15, -0.1) is 0 Å². The minimum absolute atomic E-state index is 0.0135. The molecule has 0 spiro atoms. The van der Waals surface area contributed by atoms with Crippen molar-refractivity contribution in [1.29, 1.82) is 0 Å². The predicted molar refractivity (Wildman–Crippen MR) is 78.0 cm³/mol. The van der Waals surface area contributed by atoms with Gasteiger partial charge in [0.2, 0.25) is 0 Å². The summed E-state index contributed by atoms with van der Waals surface area (Å²) in [6.07, 6.45) is 3.17. The first-order chi connectivity index (χ1) is 10.1. The normalized spacial score (nSPS) is 13.9. The molecule has 0 aliphatic heterocycles. The second-order valence-electron chi connectivity index (χ2n) is 5.13. The van der Waals surface area contributed by atoms with Crippen LogP contribution in [0.1, 0.15) is 29.6 Å². The molecule has 1 amide bonds. The maximum absolute atomic E-state index is 12.0. The summed E-state index contributed by atoms with van der Waals surface area (Å²) < 4.78 is 5.45. The number of nitrogen functional groups attached to an aromatic ring is 1. The molecule has 1 saturated carbocycles. The lowest BCUT2D eigenvalue weighted by atomic mass is 10.1. The molecule has 1 fully saturated rings. The third kappa shape index (κ3) is 4.42. The van der Waals surface area contributed by atoms with Gasteiger partial charge in [0.05, 0.1) is 4.92 Å². The molecule has 1 aliphatic rings. The van der Waals surface area contributed by atoms with Crippen molar-refractivity contribution in [2.24, 2.45) is 5.92 Å². The smallest absolute Gasteiger partial charge is 0.304 e. The average molecular weight is 293 g/mol. The van der Waals surface area contributed by atoms with Gasteiger partial charge in [0.1, 0.15) is 11.3 Å². The lowest BCUT2D eigenvalue weighted by Gasteiger charge is -2.07. The maximum atomic E-state index is 12.0. The number of nitro benzene ring substituents is 1. The predicted octanol–water partition coefficient (Wildman–Crippen LogP) is 1.72. The summed E-state index contributed by atoms with van der Waals surface area (Å²) in [5.41, 5.74) is 5.17. The van der Waals surface area contributed by atoms with Gasteiger partial charge in [0.25, 0.3) is 5.91 Å². The molecule has 0 aromatic heterocycles. The lowest BCUT2D eigenvalue weighted by molar-refractivity contribution is -0.384. The molecule has 1 aromatic carbocycles. The first-order valence-electron chi connectivity index (χ1n) is 6.98. The van der Waals surface area contributed by atoms with Crippen LogP contribution in [0.25, 0.3) is 0 Å². The summed E-state index contributed by atoms with van der Waals surface area (Å²) in [6, 6.07) is 4.32. The fourth-order valence-corrected chi connectivity index (χ4v) is 1.95. The van der Waals surface area contributed by atoms with E-state index < -0.39 is 10.8 Å². The van der Waals surface area contributed by atoms with Gasteiger partial charge in [0, 0.05) is 19.8 Å². The van der Waals surface area contributed by atoms with Gasteiger partial charge in [0.15, 0.2) is 0 Å². The van der Waals surface area contributed by atoms with Gasteiger partial charge < -0.3 is 15.8 Å². The van der Waals surface area contributed by atoms with E-state index in [-0.39, 0.29) is 16.9 Å². The summed E-state index contributed by atoms with van der Waals surface area (Å²) in [5.74, 6) is 0.228. The molecule has 7 heteroatoms. The van der Waals surface area contributed by atoms with Crippen LogP contribution in [0.5, 0.6) is 0 Å². The number of carbonyl (C=O) groups is 1. The van der Waals surface area contributed by atoms with Crippen molar-refractivity contribution in [3.8, 4) is 0 Å². The number of nitrogens with one attached hydrogen (secondary N) is 1. The molecule has 0 atom stereocenters. The number of carbonyl (C=O) groups excluding carboxylic acids is 1. The van der Waals surface area contributed by atoms with E-state index in [1.165, 1.54) is 31.0 Å². The average Bonchev–Trinajstić information content (AvgIpc) is 3.25. The zero-order valence-electron chi connectivity index (χ0n) is 11.7. The van der Waals surface area contributed by atoms with Crippen molar-refractivity contribution >= 4 is 17.3 Å². The highest BCUT2D eigenvalue weighted by Gasteiger charge is 2.23. The molecule has 7 nitrogen and oxygen atoms in total. The van der Waals surface area contributed by atoms with Crippen LogP contribution in [0.3, 0.4) is 0 Å². The number of nitrogens with two attached hydrogens (primary N) is 1. The SMILES string of the molecule is Nc1cccc(C(=O)NCCCOCC2CC2)c1[N+](=O)[O-]. The van der Waals surface area contributed by atoms with Crippen LogP contribution in [0, 0.1) is 16.0 Å². The molecule has 0 saturated heterocycles. The highest BCUT2D eigenvalue weighted by atomic mass is 16.6. The second-order valence-corrected chi connectivity index (χ2v) is 5.13. The number of nitrogens with zero attached hydrogens (tertiary/aromatic N) is 1. The Hall–Kier alpha value is -2.15. The highest BCUT2D eigenvalue weighted by Crippen LogP contribution is 2.28. The quantitative estimate of drug-likeness (QED) is 0.328. The van der Waals surface area contributed by atoms with Gasteiger partial charge in [-0.2, -0.15) is 0 Å². The number of amides is 1. The lowest BCUT2D eigenvalue weighted by Crippen LogP contribution is -2.26. The van der Waals surface area contributed by atoms with Crippen molar-refractivity contribution < 1.29 is 14.5 Å². The van der Waals surface area contributed by atoms with Gasteiger partial charge >= 0.3 is 5.69 Å². The monoisotopic (exact) mass is 293 g/mol. The fourth-order valence-electron chi connectivity index (χ4n) is 1.95. The Labute approximate surface area is 122 Å². The van der Waals surface area contributed by atoms with Crippen molar-refractivity contribution in [1.82, 2.24) is 5.32 Å². The summed E-state index contributed by atoms with van der Waals surface area (Å²) in [5, 5.41) is 13.6. The number of para-hydroxylation sites is 1. The number of rotatable bonds is 8. The van der Waals surface area contributed by atoms with Crippen LogP contribution in [-0.4, -0.2) is 30.6 Å². The molecule has 0 bridgehead atoms. The Morgan fingerprint density at radius 3 is 2.90 bits per heavy atom. The molecule has 1 aliphatic carbocycles. The van der Waals surface area contributed by atoms with Gasteiger partial charge in [-0.1, -0.05) is 6.07 Å². The van der Waals surface area contributed by atoms with E-state index in [0.717, 1.165) is 12.5 Å². The minimum Gasteiger partial charge on any atom is -0.393 e. The number of ether oxygens (including phenoxy) is 1. The Balaban J connectivity index is 1.79. The highest BCUT2D eigenvalue weighted by molar-refractivity contribution is 6.00. The number of benzene rings is 1. The molecule has 1 aromatic rings. The van der Waals surface area contributed by atoms with Crippen LogP contribution >= 0.6 is 0 Å². The van der Waals surface area contributed by atoms with E-state index in [0.29, 0.717) is 19.6 Å². The van der Waals surface area contributed by atoms with Crippen LogP contribution in [0.2, 0.25) is 0 Å². The Kier molecular flexibility index (Phi) is 5.10. The molecule has 2 rings (SSSR count). The molecular formula is C14H19N3O4. The largest absolute Gasteiger partial charge is 0.393 e. The van der Waals surface area contributed by atoms with Gasteiger partial charge in [-0.25, -0.2) is 0 Å². The number of nitro groups is 1. The standard InChI is InChI=1S/C14H19N3O4/c15-12-4-1-3-11(13(12)17(19)20)14(18)16-7-2-8-21-9-10-5-6-10/h1,3-4,10H,2,5-9,15H2,(H,16,18). The second kappa shape index (κ2) is 7.03. The fraction of sp³-hybridized carbons (Fsp3) is 0.500. The van der Waals surface area contributed by atoms with E-state index in [2.05, 4.69) is 5.32 Å². The molecular weight excluding hydrogens is 274 g/mol. The summed E-state index contributed by atoms with van der Waals surface area (Å²) in [7, 11) is 0. The first kappa shape index (κ1) is 15.2. The van der Waals surface area contributed by atoms with Crippen molar-refractivity contribution in [2.45, 2.75) is 19.3 Å². The van der Waals surface area contributed by atoms with Crippen LogP contribution in [0.15, 0.2) is 18.2 Å². The minimum atomic E-state index is -0.636.